The quantitative estimate of drug-likeness (QED) is 0.828. The lowest BCUT2D eigenvalue weighted by Crippen LogP contribution is -2.40. The molecule has 140 valence electrons. The minimum Gasteiger partial charge on any atom is -0.381 e. The lowest BCUT2D eigenvalue weighted by Gasteiger charge is -2.21. The number of hydrogen-bond donors (Lipinski definition) is 0. The van der Waals surface area contributed by atoms with E-state index in [-0.39, 0.29) is 16.7 Å². The van der Waals surface area contributed by atoms with Crippen molar-refractivity contribution in [2.45, 2.75) is 60.0 Å². The molecule has 1 atom stereocenters. The summed E-state index contributed by atoms with van der Waals surface area (Å²) in [6.07, 6.45) is 4.28. The molecule has 2 aromatic heterocycles. The van der Waals surface area contributed by atoms with Gasteiger partial charge in [-0.2, -0.15) is 0 Å². The van der Waals surface area contributed by atoms with Gasteiger partial charge in [-0.05, 0) is 24.7 Å². The fourth-order valence-corrected chi connectivity index (χ4v) is 3.22. The van der Waals surface area contributed by atoms with Crippen LogP contribution in [0.25, 0.3) is 11.2 Å². The molecule has 1 aliphatic heterocycles. The van der Waals surface area contributed by atoms with E-state index in [9.17, 15) is 9.59 Å². The van der Waals surface area contributed by atoms with E-state index in [4.69, 9.17) is 4.74 Å². The zero-order valence-corrected chi connectivity index (χ0v) is 16.0. The maximum absolute atomic E-state index is 12.8. The Kier molecular flexibility index (Phi) is 6.21. The first-order chi connectivity index (χ1) is 12.0. The van der Waals surface area contributed by atoms with E-state index in [1.54, 1.807) is 13.4 Å². The summed E-state index contributed by atoms with van der Waals surface area (Å²) in [6, 6.07) is 0. The topological polar surface area (TPSA) is 71.1 Å². The van der Waals surface area contributed by atoms with Crippen LogP contribution in [0.2, 0.25) is 0 Å². The van der Waals surface area contributed by atoms with Crippen LogP contribution < -0.4 is 11.2 Å². The van der Waals surface area contributed by atoms with Crippen LogP contribution in [0.5, 0.6) is 0 Å². The zero-order valence-electron chi connectivity index (χ0n) is 16.0. The highest BCUT2D eigenvalue weighted by Gasteiger charge is 2.30. The molecule has 25 heavy (non-hydrogen) atoms. The molecule has 1 unspecified atom stereocenters. The van der Waals surface area contributed by atoms with Crippen molar-refractivity contribution in [1.82, 2.24) is 18.7 Å². The summed E-state index contributed by atoms with van der Waals surface area (Å²) in [7, 11) is 1.67. The van der Waals surface area contributed by atoms with Gasteiger partial charge in [0.2, 0.25) is 0 Å². The van der Waals surface area contributed by atoms with Crippen LogP contribution in [0.15, 0.2) is 15.9 Å². The fourth-order valence-electron chi connectivity index (χ4n) is 3.22. The Morgan fingerprint density at radius 3 is 2.60 bits per heavy atom. The van der Waals surface area contributed by atoms with Crippen LogP contribution in [0.3, 0.4) is 0 Å². The average molecular weight is 350 g/mol. The van der Waals surface area contributed by atoms with Gasteiger partial charge in [0, 0.05) is 26.7 Å². The van der Waals surface area contributed by atoms with Gasteiger partial charge in [-0.1, -0.05) is 27.7 Å². The van der Waals surface area contributed by atoms with E-state index in [1.807, 2.05) is 25.3 Å². The van der Waals surface area contributed by atoms with Crippen molar-refractivity contribution in [3.63, 3.8) is 0 Å². The molecule has 0 spiro atoms. The molecule has 0 N–H and O–H groups in total. The van der Waals surface area contributed by atoms with Gasteiger partial charge in [0.15, 0.2) is 11.2 Å². The molecule has 0 bridgehead atoms. The van der Waals surface area contributed by atoms with Gasteiger partial charge < -0.3 is 9.30 Å². The highest BCUT2D eigenvalue weighted by Crippen LogP contribution is 2.31. The van der Waals surface area contributed by atoms with E-state index < -0.39 is 0 Å². The number of fused-ring (bicyclic) bond motifs is 1. The van der Waals surface area contributed by atoms with Gasteiger partial charge in [0.1, 0.15) is 0 Å². The Morgan fingerprint density at radius 1 is 1.28 bits per heavy atom. The molecule has 3 heterocycles. The normalized spacial score (nSPS) is 19.9. The van der Waals surface area contributed by atoms with Crippen LogP contribution in [-0.4, -0.2) is 31.9 Å². The largest absolute Gasteiger partial charge is 0.381 e. The first kappa shape index (κ1) is 19.4. The Balaban J connectivity index is 0.00000109. The fraction of sp³-hybridized carbons (Fsp3) is 0.722. The van der Waals surface area contributed by atoms with Crippen molar-refractivity contribution in [2.75, 3.05) is 13.2 Å². The summed E-state index contributed by atoms with van der Waals surface area (Å²) in [5.74, 6) is 0. The third-order valence-corrected chi connectivity index (χ3v) is 4.81. The van der Waals surface area contributed by atoms with Gasteiger partial charge in [0.25, 0.3) is 5.56 Å². The first-order valence-electron chi connectivity index (χ1n) is 9.19. The van der Waals surface area contributed by atoms with Crippen molar-refractivity contribution in [2.24, 2.45) is 12.5 Å². The van der Waals surface area contributed by atoms with Gasteiger partial charge in [-0.3, -0.25) is 13.9 Å². The van der Waals surface area contributed by atoms with E-state index in [1.165, 1.54) is 9.13 Å². The highest BCUT2D eigenvalue weighted by atomic mass is 16.5. The summed E-state index contributed by atoms with van der Waals surface area (Å²) in [6.45, 7) is 10.8. The van der Waals surface area contributed by atoms with Crippen LogP contribution >= 0.6 is 0 Å². The van der Waals surface area contributed by atoms with Gasteiger partial charge in [0.05, 0.1) is 12.9 Å². The third kappa shape index (κ3) is 3.71. The summed E-state index contributed by atoms with van der Waals surface area (Å²) >= 11 is 0. The summed E-state index contributed by atoms with van der Waals surface area (Å²) in [4.78, 5) is 29.6. The molecular weight excluding hydrogens is 320 g/mol. The molecule has 2 aromatic rings. The van der Waals surface area contributed by atoms with Crippen LogP contribution in [-0.2, 0) is 24.9 Å². The van der Waals surface area contributed by atoms with Gasteiger partial charge >= 0.3 is 5.69 Å². The van der Waals surface area contributed by atoms with E-state index in [0.29, 0.717) is 24.3 Å². The van der Waals surface area contributed by atoms with Crippen LogP contribution in [0.1, 0.15) is 47.0 Å². The minimum absolute atomic E-state index is 0.0447. The zero-order chi connectivity index (χ0) is 18.6. The van der Waals surface area contributed by atoms with Crippen molar-refractivity contribution in [1.29, 1.82) is 0 Å². The number of nitrogens with zero attached hydrogens (tertiary/aromatic N) is 4. The van der Waals surface area contributed by atoms with Crippen molar-refractivity contribution < 1.29 is 4.74 Å². The number of hydrogen-bond acceptors (Lipinski definition) is 4. The predicted molar refractivity (Wildman–Crippen MR) is 99.0 cm³/mol. The second kappa shape index (κ2) is 7.99. The summed E-state index contributed by atoms with van der Waals surface area (Å²) in [5, 5.41) is 0. The third-order valence-electron chi connectivity index (χ3n) is 4.81. The number of ether oxygens (including phenoxy) is 1. The van der Waals surface area contributed by atoms with Crippen molar-refractivity contribution in [3.05, 3.63) is 27.2 Å². The Bertz CT molecular complexity index is 825. The lowest BCUT2D eigenvalue weighted by molar-refractivity contribution is 0.151. The second-order valence-electron chi connectivity index (χ2n) is 6.77. The molecule has 0 aliphatic carbocycles. The van der Waals surface area contributed by atoms with Gasteiger partial charge in [-0.25, -0.2) is 9.78 Å². The van der Waals surface area contributed by atoms with Crippen molar-refractivity contribution >= 4 is 11.2 Å². The highest BCUT2D eigenvalue weighted by molar-refractivity contribution is 5.69. The predicted octanol–water partition coefficient (Wildman–Crippen LogP) is 2.15. The molecule has 0 aromatic carbocycles. The van der Waals surface area contributed by atoms with E-state index >= 15 is 0 Å². The lowest BCUT2D eigenvalue weighted by atomic mass is 9.86. The van der Waals surface area contributed by atoms with Gasteiger partial charge in [-0.15, -0.1) is 0 Å². The van der Waals surface area contributed by atoms with E-state index in [2.05, 4.69) is 11.9 Å². The number of aromatic nitrogens is 4. The molecule has 0 amide bonds. The number of rotatable bonds is 5. The SMILES string of the molecule is CC.CCCn1cnc2c1c(=O)n(CCC1(C)CCOC1)c(=O)n2C. The van der Waals surface area contributed by atoms with E-state index in [0.717, 1.165) is 32.4 Å². The smallest absolute Gasteiger partial charge is 0.332 e. The second-order valence-corrected chi connectivity index (χ2v) is 6.77. The van der Waals surface area contributed by atoms with Crippen LogP contribution in [0.4, 0.5) is 0 Å². The monoisotopic (exact) mass is 350 g/mol. The molecule has 3 rings (SSSR count). The molecule has 0 saturated carbocycles. The number of imidazole rings is 1. The Hall–Kier alpha value is -1.89. The maximum atomic E-state index is 12.8. The molecular formula is C18H30N4O3. The minimum atomic E-state index is -0.299. The molecule has 1 saturated heterocycles. The number of aryl methyl sites for hydroxylation is 2. The molecule has 1 fully saturated rings. The molecule has 1 aliphatic rings. The van der Waals surface area contributed by atoms with Crippen molar-refractivity contribution in [3.8, 4) is 0 Å². The Morgan fingerprint density at radius 2 is 2.00 bits per heavy atom. The van der Waals surface area contributed by atoms with Crippen LogP contribution in [0, 0.1) is 5.41 Å². The molecule has 7 heteroatoms. The standard InChI is InChI=1S/C16H24N4O3.C2H6/c1-4-7-19-11-17-13-12(19)14(21)20(15(22)18(13)3)8-5-16(2)6-9-23-10-16;1-2/h11H,4-10H2,1-3H3;1-2H3. The summed E-state index contributed by atoms with van der Waals surface area (Å²) in [5.41, 5.74) is 0.480. The summed E-state index contributed by atoms with van der Waals surface area (Å²) < 4.78 is 10.1. The first-order valence-corrected chi connectivity index (χ1v) is 9.19. The molecule has 0 radical (unpaired) electrons. The Labute approximate surface area is 148 Å². The maximum Gasteiger partial charge on any atom is 0.332 e. The molecule has 7 nitrogen and oxygen atoms in total. The average Bonchev–Trinajstić information content (AvgIpc) is 3.22.